The van der Waals surface area contributed by atoms with Gasteiger partial charge >= 0.3 is 5.82 Å². The Balaban J connectivity index is 2.03. The van der Waals surface area contributed by atoms with Crippen molar-refractivity contribution in [2.24, 2.45) is 0 Å². The van der Waals surface area contributed by atoms with Crippen molar-refractivity contribution < 1.29 is 22.6 Å². The monoisotopic (exact) mass is 355 g/mol. The molecule has 0 aliphatic carbocycles. The molecule has 0 saturated carbocycles. The molecule has 1 atom stereocenters. The topological polar surface area (TPSA) is 125 Å². The van der Waals surface area contributed by atoms with Crippen molar-refractivity contribution >= 4 is 15.9 Å². The summed E-state index contributed by atoms with van der Waals surface area (Å²) in [5, 5.41) is 20.8. The number of nitrogens with zero attached hydrogens (tertiary/aromatic N) is 3. The number of hydrogen-bond donors (Lipinski definition) is 1. The van der Waals surface area contributed by atoms with E-state index in [4.69, 9.17) is 4.18 Å². The second-order valence-corrected chi connectivity index (χ2v) is 6.85. The third-order valence-electron chi connectivity index (χ3n) is 3.34. The highest BCUT2D eigenvalue weighted by atomic mass is 32.2. The third-order valence-corrected chi connectivity index (χ3v) is 4.64. The number of hydrogen-bond acceptors (Lipinski definition) is 7. The van der Waals surface area contributed by atoms with Crippen molar-refractivity contribution in [1.29, 1.82) is 0 Å². The third kappa shape index (κ3) is 4.16. The maximum atomic E-state index is 12.0. The highest BCUT2D eigenvalue weighted by Crippen LogP contribution is 2.16. The first-order valence-corrected chi connectivity index (χ1v) is 8.42. The summed E-state index contributed by atoms with van der Waals surface area (Å²) in [6, 6.07) is 6.07. The van der Waals surface area contributed by atoms with Crippen molar-refractivity contribution in [3.05, 3.63) is 52.0 Å². The number of aryl methyl sites for hydroxylation is 2. The fourth-order valence-corrected chi connectivity index (χ4v) is 2.97. The van der Waals surface area contributed by atoms with Crippen LogP contribution in [0.4, 0.5) is 5.82 Å². The zero-order valence-electron chi connectivity index (χ0n) is 13.1. The fourth-order valence-electron chi connectivity index (χ4n) is 2.03. The van der Waals surface area contributed by atoms with E-state index in [1.54, 1.807) is 19.1 Å². The van der Waals surface area contributed by atoms with E-state index in [2.05, 4.69) is 4.98 Å². The normalized spacial score (nSPS) is 13.0. The highest BCUT2D eigenvalue weighted by Gasteiger charge is 2.23. The minimum atomic E-state index is -4.01. The molecular weight excluding hydrogens is 338 g/mol. The molecule has 0 radical (unpaired) electrons. The molecular formula is C14H17N3O6S. The van der Waals surface area contributed by atoms with Crippen molar-refractivity contribution in [3.8, 4) is 0 Å². The smallest absolute Gasteiger partial charge is 0.342 e. The predicted octanol–water partition coefficient (Wildman–Crippen LogP) is 1.17. The Morgan fingerprint density at radius 2 is 1.96 bits per heavy atom. The lowest BCUT2D eigenvalue weighted by molar-refractivity contribution is -0.392. The van der Waals surface area contributed by atoms with Gasteiger partial charge in [0.1, 0.15) is 18.8 Å². The van der Waals surface area contributed by atoms with Gasteiger partial charge in [0.05, 0.1) is 11.5 Å². The van der Waals surface area contributed by atoms with E-state index in [9.17, 15) is 23.6 Å². The Morgan fingerprint density at radius 1 is 1.33 bits per heavy atom. The number of imidazole rings is 1. The predicted molar refractivity (Wildman–Crippen MR) is 83.9 cm³/mol. The van der Waals surface area contributed by atoms with Crippen LogP contribution >= 0.6 is 0 Å². The van der Waals surface area contributed by atoms with Crippen LogP contribution in [0.25, 0.3) is 0 Å². The number of benzene rings is 1. The molecule has 2 rings (SSSR count). The van der Waals surface area contributed by atoms with Crippen LogP contribution in [0.3, 0.4) is 0 Å². The van der Waals surface area contributed by atoms with Crippen LogP contribution in [0.2, 0.25) is 0 Å². The van der Waals surface area contributed by atoms with Gasteiger partial charge in [-0.15, -0.1) is 0 Å². The summed E-state index contributed by atoms with van der Waals surface area (Å²) < 4.78 is 30.1. The first kappa shape index (κ1) is 18.0. The van der Waals surface area contributed by atoms with Crippen LogP contribution in [0, 0.1) is 24.0 Å². The summed E-state index contributed by atoms with van der Waals surface area (Å²) in [6.45, 7) is 2.64. The Bertz CT molecular complexity index is 829. The molecule has 130 valence electrons. The van der Waals surface area contributed by atoms with E-state index in [1.165, 1.54) is 16.7 Å². The van der Waals surface area contributed by atoms with Gasteiger partial charge in [-0.25, -0.2) is 9.55 Å². The van der Waals surface area contributed by atoms with Gasteiger partial charge in [-0.1, -0.05) is 17.7 Å². The molecule has 0 saturated heterocycles. The molecule has 0 aliphatic rings. The first-order chi connectivity index (χ1) is 11.2. The quantitative estimate of drug-likeness (QED) is 0.449. The SMILES string of the molecule is Cc1ccc(S(=O)(=O)OCC(O)Cn2c([N+](=O)[O-])cnc2C)cc1. The molecule has 10 heteroatoms. The number of aromatic nitrogens is 2. The van der Waals surface area contributed by atoms with Crippen molar-refractivity contribution in [3.63, 3.8) is 0 Å². The molecule has 1 aromatic carbocycles. The molecule has 0 fully saturated rings. The van der Waals surface area contributed by atoms with Gasteiger partial charge < -0.3 is 15.2 Å². The van der Waals surface area contributed by atoms with Crippen LogP contribution in [0.5, 0.6) is 0 Å². The molecule has 1 aromatic heterocycles. The van der Waals surface area contributed by atoms with Gasteiger partial charge in [0, 0.05) is 6.92 Å². The van der Waals surface area contributed by atoms with E-state index in [0.29, 0.717) is 5.82 Å². The standard InChI is InChI=1S/C14H17N3O6S/c1-10-3-5-13(6-4-10)24(21,22)23-9-12(18)8-16-11(2)15-7-14(16)17(19)20/h3-7,12,18H,8-9H2,1-2H3. The van der Waals surface area contributed by atoms with E-state index < -0.39 is 27.8 Å². The summed E-state index contributed by atoms with van der Waals surface area (Å²) in [6.07, 6.45) is -0.178. The minimum Gasteiger partial charge on any atom is -0.387 e. The lowest BCUT2D eigenvalue weighted by Crippen LogP contribution is -2.25. The zero-order valence-corrected chi connectivity index (χ0v) is 13.9. The number of aliphatic hydroxyl groups is 1. The molecule has 0 amide bonds. The highest BCUT2D eigenvalue weighted by molar-refractivity contribution is 7.86. The zero-order chi connectivity index (χ0) is 17.9. The van der Waals surface area contributed by atoms with Gasteiger partial charge in [-0.3, -0.25) is 4.18 Å². The van der Waals surface area contributed by atoms with Crippen LogP contribution in [0.1, 0.15) is 11.4 Å². The summed E-state index contributed by atoms with van der Waals surface area (Å²) in [5.41, 5.74) is 0.900. The summed E-state index contributed by atoms with van der Waals surface area (Å²) in [5.74, 6) is 0.0510. The second kappa shape index (κ2) is 7.07. The molecule has 0 aliphatic heterocycles. The molecule has 0 spiro atoms. The van der Waals surface area contributed by atoms with Crippen LogP contribution in [0.15, 0.2) is 35.4 Å². The van der Waals surface area contributed by atoms with Gasteiger partial charge in [0.25, 0.3) is 10.1 Å². The van der Waals surface area contributed by atoms with Crippen LogP contribution in [-0.4, -0.2) is 40.7 Å². The summed E-state index contributed by atoms with van der Waals surface area (Å²) in [4.78, 5) is 14.0. The van der Waals surface area contributed by atoms with E-state index in [-0.39, 0.29) is 17.3 Å². The van der Waals surface area contributed by atoms with Gasteiger partial charge in [0.2, 0.25) is 0 Å². The van der Waals surface area contributed by atoms with Crippen molar-refractivity contribution in [2.75, 3.05) is 6.61 Å². The van der Waals surface area contributed by atoms with E-state index >= 15 is 0 Å². The van der Waals surface area contributed by atoms with Crippen molar-refractivity contribution in [1.82, 2.24) is 9.55 Å². The Labute approximate surface area is 138 Å². The molecule has 1 heterocycles. The van der Waals surface area contributed by atoms with Crippen LogP contribution < -0.4 is 0 Å². The molecule has 24 heavy (non-hydrogen) atoms. The molecule has 1 unspecified atom stereocenters. The molecule has 1 N–H and O–H groups in total. The lowest BCUT2D eigenvalue weighted by Gasteiger charge is -2.11. The molecule has 0 bridgehead atoms. The van der Waals surface area contributed by atoms with Crippen LogP contribution in [-0.2, 0) is 20.8 Å². The van der Waals surface area contributed by atoms with Gasteiger partial charge in [-0.2, -0.15) is 8.42 Å². The minimum absolute atomic E-state index is 0.0231. The molecule has 9 nitrogen and oxygen atoms in total. The van der Waals surface area contributed by atoms with Gasteiger partial charge in [0.15, 0.2) is 5.82 Å². The van der Waals surface area contributed by atoms with E-state index in [1.807, 2.05) is 6.92 Å². The average molecular weight is 355 g/mol. The lowest BCUT2D eigenvalue weighted by atomic mass is 10.2. The Morgan fingerprint density at radius 3 is 2.54 bits per heavy atom. The molecule has 2 aromatic rings. The van der Waals surface area contributed by atoms with E-state index in [0.717, 1.165) is 11.8 Å². The summed E-state index contributed by atoms with van der Waals surface area (Å²) >= 11 is 0. The number of nitro groups is 1. The fraction of sp³-hybridized carbons (Fsp3) is 0.357. The Kier molecular flexibility index (Phi) is 5.32. The number of rotatable bonds is 7. The summed E-state index contributed by atoms with van der Waals surface area (Å²) in [7, 11) is -4.01. The maximum absolute atomic E-state index is 12.0. The number of aliphatic hydroxyl groups excluding tert-OH is 1. The van der Waals surface area contributed by atoms with Crippen molar-refractivity contribution in [2.45, 2.75) is 31.4 Å². The maximum Gasteiger partial charge on any atom is 0.342 e. The largest absolute Gasteiger partial charge is 0.387 e. The van der Waals surface area contributed by atoms with Gasteiger partial charge in [-0.05, 0) is 24.0 Å². The second-order valence-electron chi connectivity index (χ2n) is 5.24. The average Bonchev–Trinajstić information content (AvgIpc) is 2.87. The Hall–Kier alpha value is -2.30. The first-order valence-electron chi connectivity index (χ1n) is 7.01.